The Labute approximate surface area is 339 Å². The predicted octanol–water partition coefficient (Wildman–Crippen LogP) is 7.07. The average Bonchev–Trinajstić information content (AvgIpc) is 3.20. The normalized spacial score (nSPS) is 14.0. The van der Waals surface area contributed by atoms with Crippen molar-refractivity contribution >= 4 is 56.6 Å². The van der Waals surface area contributed by atoms with Crippen LogP contribution in [0.2, 0.25) is 5.02 Å². The Bertz CT molecular complexity index is 2210. The minimum absolute atomic E-state index is 0.0232. The lowest BCUT2D eigenvalue weighted by molar-refractivity contribution is 0.0978. The summed E-state index contributed by atoms with van der Waals surface area (Å²) in [4.78, 5) is 33.4. The number of sulfonamides is 1. The summed E-state index contributed by atoms with van der Waals surface area (Å²) < 4.78 is 29.0. The Balaban J connectivity index is 1.06. The van der Waals surface area contributed by atoms with E-state index in [0.717, 1.165) is 61.8 Å². The van der Waals surface area contributed by atoms with E-state index in [1.165, 1.54) is 29.3 Å². The Morgan fingerprint density at radius 3 is 2.21 bits per heavy atom. The number of hydrogen-bond donors (Lipinski definition) is 3. The first-order valence-corrected chi connectivity index (χ1v) is 21.3. The van der Waals surface area contributed by atoms with Crippen LogP contribution < -0.4 is 20.7 Å². The van der Waals surface area contributed by atoms with Gasteiger partial charge in [-0.2, -0.15) is 0 Å². The molecule has 0 saturated carbocycles. The second kappa shape index (κ2) is 18.9. The summed E-state index contributed by atoms with van der Waals surface area (Å²) in [6.45, 7) is 4.96. The fraction of sp³-hybridized carbons (Fsp3) is 0.256. The highest BCUT2D eigenvalue weighted by atomic mass is 35.5. The van der Waals surface area contributed by atoms with Crippen LogP contribution >= 0.6 is 23.4 Å². The number of anilines is 2. The van der Waals surface area contributed by atoms with Crippen molar-refractivity contribution in [3.05, 3.63) is 143 Å². The largest absolute Gasteiger partial charge is 0.381 e. The zero-order valence-corrected chi connectivity index (χ0v) is 33.9. The fourth-order valence-corrected chi connectivity index (χ4v) is 8.72. The first-order valence-electron chi connectivity index (χ1n) is 18.5. The molecular weight excluding hydrogens is 764 g/mol. The third kappa shape index (κ3) is 10.9. The molecule has 1 atom stereocenters. The number of amides is 2. The topological polar surface area (TPSA) is 128 Å². The van der Waals surface area contributed by atoms with E-state index in [4.69, 9.17) is 17.3 Å². The zero-order chi connectivity index (χ0) is 39.7. The minimum atomic E-state index is -4.33. The molecule has 292 valence electrons. The van der Waals surface area contributed by atoms with Gasteiger partial charge in [-0.05, 0) is 110 Å². The third-order valence-corrected chi connectivity index (χ3v) is 12.5. The molecule has 0 radical (unpaired) electrons. The molecule has 1 fully saturated rings. The molecule has 2 amide bonds. The van der Waals surface area contributed by atoms with Gasteiger partial charge in [-0.25, -0.2) is 13.1 Å². The first kappa shape index (κ1) is 40.8. The van der Waals surface area contributed by atoms with Crippen molar-refractivity contribution in [2.75, 3.05) is 62.8 Å². The predicted molar refractivity (Wildman–Crippen MR) is 228 cm³/mol. The maximum absolute atomic E-state index is 13.4. The molecule has 0 aliphatic carbocycles. The highest BCUT2D eigenvalue weighted by molar-refractivity contribution is 7.99. The van der Waals surface area contributed by atoms with E-state index in [9.17, 15) is 18.0 Å². The Morgan fingerprint density at radius 1 is 0.857 bits per heavy atom. The molecule has 5 aromatic rings. The molecule has 1 aliphatic heterocycles. The van der Waals surface area contributed by atoms with Gasteiger partial charge in [0.1, 0.15) is 0 Å². The van der Waals surface area contributed by atoms with Crippen LogP contribution in [-0.4, -0.2) is 88.6 Å². The quantitative estimate of drug-likeness (QED) is 0.0898. The molecule has 0 spiro atoms. The fourth-order valence-electron chi connectivity index (χ4n) is 6.60. The second-order valence-electron chi connectivity index (χ2n) is 14.0. The van der Waals surface area contributed by atoms with Crippen LogP contribution in [0, 0.1) is 0 Å². The van der Waals surface area contributed by atoms with Crippen molar-refractivity contribution in [2.45, 2.75) is 28.8 Å². The van der Waals surface area contributed by atoms with Crippen molar-refractivity contribution in [3.63, 3.8) is 0 Å². The lowest BCUT2D eigenvalue weighted by Crippen LogP contribution is -2.46. The van der Waals surface area contributed by atoms with Gasteiger partial charge in [0.15, 0.2) is 0 Å². The minimum Gasteiger partial charge on any atom is -0.381 e. The van der Waals surface area contributed by atoms with Gasteiger partial charge >= 0.3 is 0 Å². The van der Waals surface area contributed by atoms with Crippen LogP contribution in [0.3, 0.4) is 0 Å². The second-order valence-corrected chi connectivity index (χ2v) is 17.2. The van der Waals surface area contributed by atoms with Crippen LogP contribution in [-0.2, 0) is 16.6 Å². The highest BCUT2D eigenvalue weighted by Gasteiger charge is 2.24. The van der Waals surface area contributed by atoms with E-state index in [-0.39, 0.29) is 22.1 Å². The molecule has 6 rings (SSSR count). The number of nitrogens with one attached hydrogen (secondary N) is 2. The molecule has 1 saturated heterocycles. The summed E-state index contributed by atoms with van der Waals surface area (Å²) >= 11 is 7.81. The van der Waals surface area contributed by atoms with E-state index in [1.807, 2.05) is 80.8 Å². The molecule has 5 aromatic carbocycles. The van der Waals surface area contributed by atoms with E-state index in [1.54, 1.807) is 23.9 Å². The van der Waals surface area contributed by atoms with E-state index >= 15 is 0 Å². The number of primary amides is 1. The number of carbonyl (C=O) groups is 2. The van der Waals surface area contributed by atoms with Crippen LogP contribution in [0.4, 0.5) is 11.4 Å². The smallest absolute Gasteiger partial charge is 0.264 e. The summed E-state index contributed by atoms with van der Waals surface area (Å²) in [5.41, 5.74) is 10.9. The molecule has 0 unspecified atom stereocenters. The van der Waals surface area contributed by atoms with Gasteiger partial charge < -0.3 is 20.9 Å². The average molecular weight is 811 g/mol. The number of halogens is 1. The van der Waals surface area contributed by atoms with Crippen molar-refractivity contribution in [1.29, 1.82) is 0 Å². The van der Waals surface area contributed by atoms with Crippen LogP contribution in [0.15, 0.2) is 131 Å². The van der Waals surface area contributed by atoms with Crippen LogP contribution in [0.25, 0.3) is 11.1 Å². The molecule has 0 aromatic heterocycles. The van der Waals surface area contributed by atoms with Gasteiger partial charge in [0.2, 0.25) is 0 Å². The Kier molecular flexibility index (Phi) is 13.7. The Morgan fingerprint density at radius 2 is 1.54 bits per heavy atom. The number of piperazine rings is 1. The monoisotopic (exact) mass is 810 g/mol. The Hall–Kier alpha value is -4.85. The van der Waals surface area contributed by atoms with Crippen LogP contribution in [0.1, 0.15) is 32.7 Å². The number of nitrogens with two attached hydrogens (primary N) is 1. The molecule has 56 heavy (non-hydrogen) atoms. The number of nitrogens with zero attached hydrogens (tertiary/aromatic N) is 3. The lowest BCUT2D eigenvalue weighted by atomic mass is 9.99. The third-order valence-electron chi connectivity index (χ3n) is 9.71. The maximum atomic E-state index is 13.4. The van der Waals surface area contributed by atoms with Crippen molar-refractivity contribution in [1.82, 2.24) is 14.5 Å². The van der Waals surface area contributed by atoms with Gasteiger partial charge in [0, 0.05) is 71.4 Å². The SMILES string of the molecule is CN(C)CC[C@H](CSc1ccccc1)Nc1ccc(S(=O)(=O)NC(=O)c2ccc(N3CCN(Cc4ccccc4-c4ccc(Cl)cc4)CC3)cc2)cc1C(N)=O. The van der Waals surface area contributed by atoms with Crippen molar-refractivity contribution < 1.29 is 18.0 Å². The molecule has 4 N–H and O–H groups in total. The van der Waals surface area contributed by atoms with Gasteiger partial charge in [-0.1, -0.05) is 66.2 Å². The van der Waals surface area contributed by atoms with Crippen molar-refractivity contribution in [3.8, 4) is 11.1 Å². The number of rotatable bonds is 16. The number of benzene rings is 5. The molecule has 13 heteroatoms. The first-order chi connectivity index (χ1) is 26.9. The summed E-state index contributed by atoms with van der Waals surface area (Å²) in [5.74, 6) is -0.843. The van der Waals surface area contributed by atoms with Gasteiger partial charge in [0.05, 0.1) is 10.5 Å². The van der Waals surface area contributed by atoms with Crippen LogP contribution in [0.5, 0.6) is 0 Å². The highest BCUT2D eigenvalue weighted by Crippen LogP contribution is 2.28. The summed E-state index contributed by atoms with van der Waals surface area (Å²) in [6, 6.07) is 37.3. The molecular formula is C43H47ClN6O4S2. The maximum Gasteiger partial charge on any atom is 0.264 e. The molecule has 0 bridgehead atoms. The molecule has 1 aliphatic rings. The van der Waals surface area contributed by atoms with E-state index in [0.29, 0.717) is 16.5 Å². The molecule has 1 heterocycles. The molecule has 10 nitrogen and oxygen atoms in total. The number of carbonyl (C=O) groups excluding carboxylic acids is 2. The summed E-state index contributed by atoms with van der Waals surface area (Å²) in [5, 5.41) is 4.13. The zero-order valence-electron chi connectivity index (χ0n) is 31.5. The number of thioether (sulfide) groups is 1. The lowest BCUT2D eigenvalue weighted by Gasteiger charge is -2.36. The van der Waals surface area contributed by atoms with Gasteiger partial charge in [-0.3, -0.25) is 14.5 Å². The number of hydrogen-bond acceptors (Lipinski definition) is 9. The van der Waals surface area contributed by atoms with Gasteiger partial charge in [-0.15, -0.1) is 11.8 Å². The summed E-state index contributed by atoms with van der Waals surface area (Å²) in [7, 11) is -0.344. The van der Waals surface area contributed by atoms with E-state index in [2.05, 4.69) is 49.0 Å². The summed E-state index contributed by atoms with van der Waals surface area (Å²) in [6.07, 6.45) is 0.775. The van der Waals surface area contributed by atoms with Crippen molar-refractivity contribution in [2.24, 2.45) is 5.73 Å². The standard InChI is InChI=1S/C43H47ClN6O4S2/c1-48(2)23-22-35(30-55-37-9-4-3-5-10-37)46-41-21-20-38(28-40(41)42(45)51)56(53,54)47-43(52)32-14-18-36(19-15-32)50-26-24-49(25-27-50)29-33-8-6-7-11-39(33)31-12-16-34(44)17-13-31/h3-21,28,35,46H,22-27,29-30H2,1-2H3,(H2,45,51)(H,47,52)/t35-/m1/s1. The van der Waals surface area contributed by atoms with Gasteiger partial charge in [0.25, 0.3) is 21.8 Å². The van der Waals surface area contributed by atoms with E-state index < -0.39 is 21.8 Å².